The van der Waals surface area contributed by atoms with Gasteiger partial charge in [0.2, 0.25) is 5.91 Å². The average molecular weight is 321 g/mol. The van der Waals surface area contributed by atoms with E-state index in [2.05, 4.69) is 10.4 Å². The van der Waals surface area contributed by atoms with Gasteiger partial charge in [-0.2, -0.15) is 5.10 Å². The fraction of sp³-hybridized carbons (Fsp3) is 0.267. The molecule has 3 rings (SSSR count). The van der Waals surface area contributed by atoms with Crippen LogP contribution in [0.4, 0.5) is 10.2 Å². The maximum atomic E-state index is 14.2. The Morgan fingerprint density at radius 1 is 1.48 bits per heavy atom. The molecule has 2 aromatic rings. The molecule has 1 aromatic carbocycles. The Hall–Kier alpha value is -2.90. The lowest BCUT2D eigenvalue weighted by Crippen LogP contribution is -2.23. The number of nitrogens with zero attached hydrogens (tertiary/aromatic N) is 2. The van der Waals surface area contributed by atoms with Crippen molar-refractivity contribution in [3.63, 3.8) is 0 Å². The number of methoxy groups -OCH3 is 1. The van der Waals surface area contributed by atoms with E-state index in [0.29, 0.717) is 17.1 Å². The van der Waals surface area contributed by atoms with Gasteiger partial charge in [-0.15, -0.1) is 0 Å². The SMILES string of the molecule is COc1ccc(C2CC(=O)Nc3nn(C)cc32)c(F)c1.O=CO. The van der Waals surface area contributed by atoms with Gasteiger partial charge in [0.1, 0.15) is 11.6 Å². The number of fused-ring (bicyclic) bond motifs is 1. The summed E-state index contributed by atoms with van der Waals surface area (Å²) in [5.41, 5.74) is 1.31. The van der Waals surface area contributed by atoms with E-state index in [1.54, 1.807) is 23.9 Å². The van der Waals surface area contributed by atoms with E-state index in [9.17, 15) is 9.18 Å². The van der Waals surface area contributed by atoms with Crippen LogP contribution in [-0.2, 0) is 16.6 Å². The van der Waals surface area contributed by atoms with E-state index < -0.39 is 0 Å². The van der Waals surface area contributed by atoms with Crippen molar-refractivity contribution in [2.45, 2.75) is 12.3 Å². The smallest absolute Gasteiger partial charge is 0.290 e. The lowest BCUT2D eigenvalue weighted by molar-refractivity contribution is -0.123. The molecule has 0 radical (unpaired) electrons. The quantitative estimate of drug-likeness (QED) is 0.822. The third-order valence-electron chi connectivity index (χ3n) is 3.46. The van der Waals surface area contributed by atoms with Gasteiger partial charge >= 0.3 is 0 Å². The molecule has 8 heteroatoms. The number of halogens is 1. The van der Waals surface area contributed by atoms with Crippen LogP contribution in [0.1, 0.15) is 23.5 Å². The van der Waals surface area contributed by atoms with Crippen molar-refractivity contribution in [2.24, 2.45) is 7.05 Å². The van der Waals surface area contributed by atoms with Gasteiger partial charge in [0, 0.05) is 37.2 Å². The number of aryl methyl sites for hydroxylation is 1. The van der Waals surface area contributed by atoms with Crippen molar-refractivity contribution in [3.8, 4) is 5.75 Å². The molecular formula is C15H16FN3O4. The van der Waals surface area contributed by atoms with Crippen LogP contribution < -0.4 is 10.1 Å². The Morgan fingerprint density at radius 3 is 2.78 bits per heavy atom. The number of anilines is 1. The number of benzene rings is 1. The molecule has 1 atom stereocenters. The summed E-state index contributed by atoms with van der Waals surface area (Å²) >= 11 is 0. The number of amides is 1. The number of carbonyl (C=O) groups is 2. The number of hydrogen-bond donors (Lipinski definition) is 2. The Labute approximate surface area is 131 Å². The molecule has 7 nitrogen and oxygen atoms in total. The first-order valence-electron chi connectivity index (χ1n) is 6.74. The molecule has 2 N–H and O–H groups in total. The Bertz CT molecular complexity index is 730. The highest BCUT2D eigenvalue weighted by Gasteiger charge is 2.30. The molecular weight excluding hydrogens is 305 g/mol. The Balaban J connectivity index is 0.000000595. The van der Waals surface area contributed by atoms with E-state index >= 15 is 0 Å². The summed E-state index contributed by atoms with van der Waals surface area (Å²) in [6.07, 6.45) is 2.02. The topological polar surface area (TPSA) is 93.5 Å². The number of rotatable bonds is 2. The van der Waals surface area contributed by atoms with E-state index in [4.69, 9.17) is 14.6 Å². The molecule has 1 amide bonds. The van der Waals surface area contributed by atoms with Gasteiger partial charge in [-0.1, -0.05) is 6.07 Å². The molecule has 1 aliphatic rings. The molecule has 0 spiro atoms. The summed E-state index contributed by atoms with van der Waals surface area (Å²) in [5, 5.41) is 13.8. The molecule has 0 saturated heterocycles. The zero-order valence-corrected chi connectivity index (χ0v) is 12.6. The maximum absolute atomic E-state index is 14.2. The van der Waals surface area contributed by atoms with Crippen LogP contribution in [0.3, 0.4) is 0 Å². The van der Waals surface area contributed by atoms with Gasteiger partial charge in [0.15, 0.2) is 5.82 Å². The van der Waals surface area contributed by atoms with Gasteiger partial charge in [0.05, 0.1) is 7.11 Å². The van der Waals surface area contributed by atoms with Crippen molar-refractivity contribution in [3.05, 3.63) is 41.3 Å². The monoisotopic (exact) mass is 321 g/mol. The molecule has 1 aliphatic heterocycles. The normalized spacial score (nSPS) is 15.8. The van der Waals surface area contributed by atoms with Gasteiger partial charge < -0.3 is 15.2 Å². The highest BCUT2D eigenvalue weighted by molar-refractivity contribution is 5.94. The third kappa shape index (κ3) is 3.47. The van der Waals surface area contributed by atoms with Gasteiger partial charge in [-0.25, -0.2) is 4.39 Å². The van der Waals surface area contributed by atoms with Crippen LogP contribution >= 0.6 is 0 Å². The summed E-state index contributed by atoms with van der Waals surface area (Å²) < 4.78 is 20.8. The molecule has 2 heterocycles. The predicted octanol–water partition coefficient (Wildman–Crippen LogP) is 1.74. The van der Waals surface area contributed by atoms with Crippen LogP contribution in [0.15, 0.2) is 24.4 Å². The minimum Gasteiger partial charge on any atom is -0.497 e. The lowest BCUT2D eigenvalue weighted by Gasteiger charge is -2.22. The predicted molar refractivity (Wildman–Crippen MR) is 79.9 cm³/mol. The van der Waals surface area contributed by atoms with Crippen LogP contribution in [-0.4, -0.2) is 34.4 Å². The summed E-state index contributed by atoms with van der Waals surface area (Å²) in [6.45, 7) is -0.250. The number of carboxylic acid groups (broad SMARTS) is 1. The first-order chi connectivity index (χ1) is 11.0. The number of carbonyl (C=O) groups excluding carboxylic acids is 1. The highest BCUT2D eigenvalue weighted by atomic mass is 19.1. The molecule has 0 saturated carbocycles. The van der Waals surface area contributed by atoms with Crippen LogP contribution in [0.2, 0.25) is 0 Å². The minimum atomic E-state index is -0.376. The minimum absolute atomic E-state index is 0.156. The van der Waals surface area contributed by atoms with Crippen molar-refractivity contribution in [1.82, 2.24) is 9.78 Å². The number of hydrogen-bond acceptors (Lipinski definition) is 4. The van der Waals surface area contributed by atoms with Crippen molar-refractivity contribution in [1.29, 1.82) is 0 Å². The average Bonchev–Trinajstić information content (AvgIpc) is 2.87. The first-order valence-corrected chi connectivity index (χ1v) is 6.74. The zero-order chi connectivity index (χ0) is 17.0. The standard InChI is InChI=1S/C14H14FN3O2.CH2O2/c1-18-7-11-10(6-13(19)16-14(11)17-18)9-4-3-8(20-2)5-12(9)15;2-1-3/h3-5,7,10H,6H2,1-2H3,(H,16,17,19);1H,(H,2,3). The Morgan fingerprint density at radius 2 is 2.17 bits per heavy atom. The number of nitrogens with one attached hydrogen (secondary N) is 1. The summed E-state index contributed by atoms with van der Waals surface area (Å²) in [7, 11) is 3.26. The maximum Gasteiger partial charge on any atom is 0.290 e. The molecule has 1 unspecified atom stereocenters. The van der Waals surface area contributed by atoms with E-state index in [-0.39, 0.29) is 30.5 Å². The second kappa shape index (κ2) is 6.91. The summed E-state index contributed by atoms with van der Waals surface area (Å²) in [6, 6.07) is 4.69. The number of aromatic nitrogens is 2. The van der Waals surface area contributed by atoms with E-state index in [1.165, 1.54) is 13.2 Å². The zero-order valence-electron chi connectivity index (χ0n) is 12.6. The molecule has 0 fully saturated rings. The summed E-state index contributed by atoms with van der Waals surface area (Å²) in [5.74, 6) is 0.107. The third-order valence-corrected chi connectivity index (χ3v) is 3.46. The molecule has 0 bridgehead atoms. The fourth-order valence-corrected chi connectivity index (χ4v) is 2.53. The van der Waals surface area contributed by atoms with Gasteiger partial charge in [-0.05, 0) is 11.6 Å². The van der Waals surface area contributed by atoms with Gasteiger partial charge in [0.25, 0.3) is 6.47 Å². The summed E-state index contributed by atoms with van der Waals surface area (Å²) in [4.78, 5) is 20.1. The molecule has 23 heavy (non-hydrogen) atoms. The number of ether oxygens (including phenoxy) is 1. The molecule has 122 valence electrons. The second-order valence-corrected chi connectivity index (χ2v) is 4.90. The Kier molecular flexibility index (Phi) is 4.95. The van der Waals surface area contributed by atoms with Crippen LogP contribution in [0.5, 0.6) is 5.75 Å². The lowest BCUT2D eigenvalue weighted by atomic mass is 9.87. The van der Waals surface area contributed by atoms with Crippen LogP contribution in [0.25, 0.3) is 0 Å². The van der Waals surface area contributed by atoms with E-state index in [1.807, 2.05) is 6.20 Å². The van der Waals surface area contributed by atoms with E-state index in [0.717, 1.165) is 5.56 Å². The van der Waals surface area contributed by atoms with Crippen molar-refractivity contribution >= 4 is 18.2 Å². The van der Waals surface area contributed by atoms with Crippen molar-refractivity contribution in [2.75, 3.05) is 12.4 Å². The fourth-order valence-electron chi connectivity index (χ4n) is 2.53. The largest absolute Gasteiger partial charge is 0.497 e. The van der Waals surface area contributed by atoms with Gasteiger partial charge in [-0.3, -0.25) is 14.3 Å². The molecule has 1 aromatic heterocycles. The van der Waals surface area contributed by atoms with Crippen LogP contribution in [0, 0.1) is 5.82 Å². The molecule has 0 aliphatic carbocycles. The second-order valence-electron chi connectivity index (χ2n) is 4.90. The first kappa shape index (κ1) is 16.5. The highest BCUT2D eigenvalue weighted by Crippen LogP contribution is 2.37. The van der Waals surface area contributed by atoms with Crippen molar-refractivity contribution < 1.29 is 23.8 Å².